The summed E-state index contributed by atoms with van der Waals surface area (Å²) in [6.45, 7) is 8.39. The number of benzene rings is 1. The van der Waals surface area contributed by atoms with Crippen LogP contribution in [0, 0.1) is 17.7 Å². The van der Waals surface area contributed by atoms with Gasteiger partial charge < -0.3 is 30.5 Å². The maximum Gasteiger partial charge on any atom is 0.239 e. The number of halogens is 1. The number of carbonyl (C=O) groups is 1. The Morgan fingerprint density at radius 2 is 1.92 bits per heavy atom. The summed E-state index contributed by atoms with van der Waals surface area (Å²) in [5, 5.41) is 4.32. The highest BCUT2D eigenvalue weighted by molar-refractivity contribution is 5.95. The SMILES string of the molecule is COc1cc2nc(-c3ccc(N4CCN(C(=O)C(C)N)CC4)nc3)cc(N3C[C@H]4CNCC[C@H]4C3)c2cc1F. The number of pyridine rings is 2. The fourth-order valence-corrected chi connectivity index (χ4v) is 6.21. The number of nitrogens with zero attached hydrogens (tertiary/aromatic N) is 5. The largest absolute Gasteiger partial charge is 0.494 e. The first kappa shape index (κ1) is 25.8. The second-order valence-corrected chi connectivity index (χ2v) is 11.0. The molecule has 0 spiro atoms. The van der Waals surface area contributed by atoms with E-state index < -0.39 is 6.04 Å². The molecule has 1 unspecified atom stereocenters. The number of piperidine rings is 1. The van der Waals surface area contributed by atoms with E-state index in [-0.39, 0.29) is 17.5 Å². The van der Waals surface area contributed by atoms with Gasteiger partial charge in [-0.1, -0.05) is 0 Å². The molecule has 9 nitrogen and oxygen atoms in total. The summed E-state index contributed by atoms with van der Waals surface area (Å²) in [7, 11) is 1.47. The first-order valence-corrected chi connectivity index (χ1v) is 13.8. The van der Waals surface area contributed by atoms with Crippen LogP contribution in [0.25, 0.3) is 22.2 Å². The lowest BCUT2D eigenvalue weighted by molar-refractivity contribution is -0.132. The van der Waals surface area contributed by atoms with Gasteiger partial charge in [0.1, 0.15) is 5.82 Å². The molecule has 0 aliphatic carbocycles. The number of aromatic nitrogens is 2. The van der Waals surface area contributed by atoms with Crippen molar-refractivity contribution in [2.75, 3.05) is 69.3 Å². The van der Waals surface area contributed by atoms with Crippen LogP contribution in [-0.2, 0) is 4.79 Å². The number of ether oxygens (including phenoxy) is 1. The molecule has 3 atom stereocenters. The zero-order chi connectivity index (χ0) is 27.1. The number of fused-ring (bicyclic) bond motifs is 2. The molecule has 39 heavy (non-hydrogen) atoms. The Bertz CT molecular complexity index is 1340. The lowest BCUT2D eigenvalue weighted by atomic mass is 9.90. The van der Waals surface area contributed by atoms with Crippen LogP contribution >= 0.6 is 0 Å². The van der Waals surface area contributed by atoms with Crippen LogP contribution in [0.15, 0.2) is 36.5 Å². The Labute approximate surface area is 228 Å². The molecule has 0 radical (unpaired) electrons. The van der Waals surface area contributed by atoms with Gasteiger partial charge in [-0.15, -0.1) is 0 Å². The molecule has 3 aliphatic heterocycles. The topological polar surface area (TPSA) is 99.8 Å². The van der Waals surface area contributed by atoms with E-state index in [0.29, 0.717) is 43.5 Å². The Balaban J connectivity index is 1.29. The highest BCUT2D eigenvalue weighted by Crippen LogP contribution is 2.39. The van der Waals surface area contributed by atoms with E-state index in [2.05, 4.69) is 21.2 Å². The van der Waals surface area contributed by atoms with Crippen molar-refractivity contribution < 1.29 is 13.9 Å². The highest BCUT2D eigenvalue weighted by Gasteiger charge is 2.35. The maximum absolute atomic E-state index is 14.8. The minimum absolute atomic E-state index is 0.0128. The van der Waals surface area contributed by atoms with Gasteiger partial charge in [-0.25, -0.2) is 14.4 Å². The summed E-state index contributed by atoms with van der Waals surface area (Å²) < 4.78 is 20.1. The third kappa shape index (κ3) is 4.98. The van der Waals surface area contributed by atoms with Crippen molar-refractivity contribution in [2.45, 2.75) is 19.4 Å². The summed E-state index contributed by atoms with van der Waals surface area (Å²) >= 11 is 0. The van der Waals surface area contributed by atoms with Crippen molar-refractivity contribution in [3.8, 4) is 17.0 Å². The minimum atomic E-state index is -0.481. The van der Waals surface area contributed by atoms with Crippen LogP contribution in [0.1, 0.15) is 13.3 Å². The van der Waals surface area contributed by atoms with E-state index in [9.17, 15) is 9.18 Å². The monoisotopic (exact) mass is 533 g/mol. The number of piperazine rings is 1. The van der Waals surface area contributed by atoms with Crippen LogP contribution in [-0.4, -0.2) is 86.3 Å². The highest BCUT2D eigenvalue weighted by atomic mass is 19.1. The van der Waals surface area contributed by atoms with E-state index in [1.54, 1.807) is 19.1 Å². The number of methoxy groups -OCH3 is 1. The number of amides is 1. The summed E-state index contributed by atoms with van der Waals surface area (Å²) in [6.07, 6.45) is 3.01. The van der Waals surface area contributed by atoms with Crippen LogP contribution < -0.4 is 25.6 Å². The summed E-state index contributed by atoms with van der Waals surface area (Å²) in [6, 6.07) is 8.88. The van der Waals surface area contributed by atoms with Gasteiger partial charge >= 0.3 is 0 Å². The molecule has 0 bridgehead atoms. The lowest BCUT2D eigenvalue weighted by Gasteiger charge is -2.36. The maximum atomic E-state index is 14.8. The standard InChI is InChI=1S/C29H36FN7O2/c1-18(31)29(38)36-9-7-35(8-10-36)28-4-3-19(15-33-28)24-12-26(37-16-20-5-6-32-14-21(20)17-37)22-11-23(30)27(39-2)13-25(22)34-24/h3-4,11-13,15,18,20-21,32H,5-10,14,16-17,31H2,1-2H3/t18?,20-,21+/m0/s1. The molecule has 3 aromatic rings. The van der Waals surface area contributed by atoms with Crippen LogP contribution in [0.5, 0.6) is 5.75 Å². The summed E-state index contributed by atoms with van der Waals surface area (Å²) in [5.41, 5.74) is 9.17. The molecule has 3 fully saturated rings. The fourth-order valence-electron chi connectivity index (χ4n) is 6.21. The number of rotatable bonds is 5. The molecule has 1 aromatic carbocycles. The molecule has 3 saturated heterocycles. The van der Waals surface area contributed by atoms with Crippen LogP contribution in [0.3, 0.4) is 0 Å². The van der Waals surface area contributed by atoms with E-state index in [0.717, 1.165) is 60.7 Å². The van der Waals surface area contributed by atoms with E-state index in [4.69, 9.17) is 20.4 Å². The van der Waals surface area contributed by atoms with E-state index >= 15 is 0 Å². The van der Waals surface area contributed by atoms with Gasteiger partial charge in [-0.05, 0) is 62.5 Å². The Hall–Kier alpha value is -3.50. The third-order valence-electron chi connectivity index (χ3n) is 8.42. The molecule has 5 heterocycles. The lowest BCUT2D eigenvalue weighted by Crippen LogP contribution is -2.52. The molecule has 6 rings (SSSR count). The zero-order valence-corrected chi connectivity index (χ0v) is 22.6. The normalized spacial score (nSPS) is 22.2. The van der Waals surface area contributed by atoms with Crippen molar-refractivity contribution >= 4 is 28.3 Å². The van der Waals surface area contributed by atoms with E-state index in [1.807, 2.05) is 23.2 Å². The van der Waals surface area contributed by atoms with Gasteiger partial charge in [-0.2, -0.15) is 0 Å². The number of nitrogens with two attached hydrogens (primary N) is 1. The van der Waals surface area contributed by atoms with Crippen LogP contribution in [0.4, 0.5) is 15.9 Å². The quantitative estimate of drug-likeness (QED) is 0.516. The molecular formula is C29H36FN7O2. The fraction of sp³-hybridized carbons (Fsp3) is 0.483. The zero-order valence-electron chi connectivity index (χ0n) is 22.6. The second-order valence-electron chi connectivity index (χ2n) is 11.0. The third-order valence-corrected chi connectivity index (χ3v) is 8.42. The smallest absolute Gasteiger partial charge is 0.239 e. The first-order chi connectivity index (χ1) is 18.9. The Morgan fingerprint density at radius 1 is 1.13 bits per heavy atom. The minimum Gasteiger partial charge on any atom is -0.494 e. The average Bonchev–Trinajstić information content (AvgIpc) is 3.40. The predicted molar refractivity (Wildman–Crippen MR) is 151 cm³/mol. The van der Waals surface area contributed by atoms with E-state index in [1.165, 1.54) is 7.11 Å². The van der Waals surface area contributed by atoms with Gasteiger partial charge in [0.25, 0.3) is 0 Å². The van der Waals surface area contributed by atoms with Crippen molar-refractivity contribution in [2.24, 2.45) is 17.6 Å². The predicted octanol–water partition coefficient (Wildman–Crippen LogP) is 2.49. The molecule has 3 N–H and O–H groups in total. The van der Waals surface area contributed by atoms with Gasteiger partial charge in [0, 0.05) is 68.2 Å². The number of hydrogen-bond donors (Lipinski definition) is 2. The van der Waals surface area contributed by atoms with Crippen LogP contribution in [0.2, 0.25) is 0 Å². The average molecular weight is 534 g/mol. The van der Waals surface area contributed by atoms with Gasteiger partial charge in [0.05, 0.1) is 24.4 Å². The van der Waals surface area contributed by atoms with Crippen molar-refractivity contribution in [1.29, 1.82) is 0 Å². The summed E-state index contributed by atoms with van der Waals surface area (Å²) in [4.78, 5) is 28.3. The second kappa shape index (κ2) is 10.6. The number of hydrogen-bond acceptors (Lipinski definition) is 8. The molecular weight excluding hydrogens is 497 g/mol. The first-order valence-electron chi connectivity index (χ1n) is 13.8. The molecule has 10 heteroatoms. The number of nitrogens with one attached hydrogen (secondary N) is 1. The molecule has 206 valence electrons. The number of anilines is 2. The Kier molecular flexibility index (Phi) is 6.99. The van der Waals surface area contributed by atoms with Gasteiger partial charge in [0.15, 0.2) is 11.6 Å². The molecule has 3 aliphatic rings. The summed E-state index contributed by atoms with van der Waals surface area (Å²) in [5.74, 6) is 1.90. The Morgan fingerprint density at radius 3 is 2.62 bits per heavy atom. The molecule has 0 saturated carbocycles. The van der Waals surface area contributed by atoms with Crippen molar-refractivity contribution in [3.63, 3.8) is 0 Å². The van der Waals surface area contributed by atoms with Crippen molar-refractivity contribution in [3.05, 3.63) is 42.3 Å². The van der Waals surface area contributed by atoms with Gasteiger partial charge in [0.2, 0.25) is 5.91 Å². The number of carbonyl (C=O) groups excluding carboxylic acids is 1. The van der Waals surface area contributed by atoms with Crippen molar-refractivity contribution in [1.82, 2.24) is 20.2 Å². The molecule has 1 amide bonds. The van der Waals surface area contributed by atoms with Gasteiger partial charge in [-0.3, -0.25) is 4.79 Å². The molecule has 2 aromatic heterocycles.